The van der Waals surface area contributed by atoms with Gasteiger partial charge in [-0.1, -0.05) is 0 Å². The van der Waals surface area contributed by atoms with Gasteiger partial charge >= 0.3 is 0 Å². The van der Waals surface area contributed by atoms with Crippen LogP contribution in [0.2, 0.25) is 0 Å². The average molecular weight is 224 g/mol. The lowest BCUT2D eigenvalue weighted by Crippen LogP contribution is -2.34. The molecule has 1 fully saturated rings. The van der Waals surface area contributed by atoms with Crippen molar-refractivity contribution in [3.8, 4) is 0 Å². The molecular weight excluding hydrogens is 204 g/mol. The maximum Gasteiger partial charge on any atom is 0.0229 e. The number of hydrogen-bond acceptors (Lipinski definition) is 3. The lowest BCUT2D eigenvalue weighted by molar-refractivity contribution is 0.260. The summed E-state index contributed by atoms with van der Waals surface area (Å²) in [5.41, 5.74) is 1.46. The number of hydrogen-bond donors (Lipinski definition) is 1. The van der Waals surface area contributed by atoms with Crippen LogP contribution in [0.5, 0.6) is 0 Å². The van der Waals surface area contributed by atoms with Crippen molar-refractivity contribution in [1.82, 2.24) is 10.2 Å². The Hall–Kier alpha value is -0.380. The molecule has 1 aliphatic rings. The molecule has 84 valence electrons. The molecule has 3 heteroatoms. The van der Waals surface area contributed by atoms with Gasteiger partial charge in [0.25, 0.3) is 0 Å². The Morgan fingerprint density at radius 2 is 2.47 bits per heavy atom. The number of aryl methyl sites for hydroxylation is 1. The Bertz CT molecular complexity index is 302. The number of thiophene rings is 1. The average Bonchev–Trinajstić information content (AvgIpc) is 2.85. The molecule has 15 heavy (non-hydrogen) atoms. The van der Waals surface area contributed by atoms with E-state index in [1.165, 1.54) is 38.0 Å². The van der Waals surface area contributed by atoms with Crippen molar-refractivity contribution < 1.29 is 0 Å². The van der Waals surface area contributed by atoms with Crippen molar-refractivity contribution in [2.24, 2.45) is 0 Å². The van der Waals surface area contributed by atoms with E-state index in [-0.39, 0.29) is 0 Å². The summed E-state index contributed by atoms with van der Waals surface area (Å²) in [6.07, 6.45) is 2.51. The Morgan fingerprint density at radius 3 is 3.07 bits per heavy atom. The number of rotatable bonds is 4. The number of nitrogens with zero attached hydrogens (tertiary/aromatic N) is 1. The highest BCUT2D eigenvalue weighted by molar-refractivity contribution is 7.10. The predicted octanol–water partition coefficient (Wildman–Crippen LogP) is 1.89. The number of nitrogens with one attached hydrogen (secondary N) is 1. The fourth-order valence-corrected chi connectivity index (χ4v) is 3.04. The van der Waals surface area contributed by atoms with Gasteiger partial charge in [-0.3, -0.25) is 0 Å². The summed E-state index contributed by atoms with van der Waals surface area (Å²) < 4.78 is 0. The van der Waals surface area contributed by atoms with Crippen LogP contribution < -0.4 is 5.32 Å². The SMILES string of the molecule is Cc1ccsc1CCN(C)C1CCNC1. The molecule has 1 unspecified atom stereocenters. The Balaban J connectivity index is 1.80. The molecule has 2 rings (SSSR count). The molecule has 0 aliphatic carbocycles. The molecule has 2 heterocycles. The normalized spacial score (nSPS) is 21.4. The summed E-state index contributed by atoms with van der Waals surface area (Å²) in [6, 6.07) is 2.97. The molecule has 0 amide bonds. The van der Waals surface area contributed by atoms with Crippen molar-refractivity contribution in [2.75, 3.05) is 26.7 Å². The second-order valence-corrected chi connectivity index (χ2v) is 5.40. The van der Waals surface area contributed by atoms with Gasteiger partial charge in [0.15, 0.2) is 0 Å². The van der Waals surface area contributed by atoms with Crippen LogP contribution in [0, 0.1) is 6.92 Å². The highest BCUT2D eigenvalue weighted by Gasteiger charge is 2.18. The van der Waals surface area contributed by atoms with Gasteiger partial charge in [-0.2, -0.15) is 0 Å². The molecule has 0 radical (unpaired) electrons. The summed E-state index contributed by atoms with van der Waals surface area (Å²) in [5.74, 6) is 0. The van der Waals surface area contributed by atoms with Crippen molar-refractivity contribution in [3.63, 3.8) is 0 Å². The van der Waals surface area contributed by atoms with E-state index in [1.54, 1.807) is 4.88 Å². The highest BCUT2D eigenvalue weighted by atomic mass is 32.1. The number of likely N-dealkylation sites (N-methyl/N-ethyl adjacent to an activating group) is 1. The Labute approximate surface area is 96.3 Å². The zero-order valence-electron chi connectivity index (χ0n) is 9.62. The first-order valence-corrected chi connectivity index (χ1v) is 6.59. The molecule has 0 aromatic carbocycles. The van der Waals surface area contributed by atoms with Crippen molar-refractivity contribution >= 4 is 11.3 Å². The monoisotopic (exact) mass is 224 g/mol. The van der Waals surface area contributed by atoms with Crippen LogP contribution in [0.3, 0.4) is 0 Å². The summed E-state index contributed by atoms with van der Waals surface area (Å²) in [6.45, 7) is 5.75. The van der Waals surface area contributed by atoms with Gasteiger partial charge in [0.2, 0.25) is 0 Å². The fourth-order valence-electron chi connectivity index (χ4n) is 2.14. The smallest absolute Gasteiger partial charge is 0.0229 e. The molecule has 2 nitrogen and oxygen atoms in total. The summed E-state index contributed by atoms with van der Waals surface area (Å²) >= 11 is 1.89. The van der Waals surface area contributed by atoms with E-state index in [2.05, 4.69) is 35.6 Å². The molecule has 0 saturated carbocycles. The van der Waals surface area contributed by atoms with E-state index in [0.29, 0.717) is 0 Å². The van der Waals surface area contributed by atoms with Crippen LogP contribution in [0.1, 0.15) is 16.9 Å². The van der Waals surface area contributed by atoms with Crippen LogP contribution in [-0.4, -0.2) is 37.6 Å². The summed E-state index contributed by atoms with van der Waals surface area (Å²) in [4.78, 5) is 4.05. The molecule has 1 saturated heterocycles. The van der Waals surface area contributed by atoms with E-state index < -0.39 is 0 Å². The molecule has 1 atom stereocenters. The van der Waals surface area contributed by atoms with Gasteiger partial charge in [-0.15, -0.1) is 11.3 Å². The maximum absolute atomic E-state index is 3.42. The molecule has 0 bridgehead atoms. The first-order valence-electron chi connectivity index (χ1n) is 5.71. The van der Waals surface area contributed by atoms with E-state index in [0.717, 1.165) is 6.04 Å². The minimum Gasteiger partial charge on any atom is -0.315 e. The predicted molar refractivity (Wildman–Crippen MR) is 66.7 cm³/mol. The minimum atomic E-state index is 0.755. The molecule has 1 N–H and O–H groups in total. The van der Waals surface area contributed by atoms with Gasteiger partial charge < -0.3 is 10.2 Å². The standard InChI is InChI=1S/C12H20N2S/c1-10-5-8-15-12(10)4-7-14(2)11-3-6-13-9-11/h5,8,11,13H,3-4,6-7,9H2,1-2H3. The van der Waals surface area contributed by atoms with Gasteiger partial charge in [-0.05, 0) is 50.4 Å². The van der Waals surface area contributed by atoms with E-state index >= 15 is 0 Å². The van der Waals surface area contributed by atoms with Crippen LogP contribution >= 0.6 is 11.3 Å². The largest absolute Gasteiger partial charge is 0.315 e. The molecular formula is C12H20N2S. The molecule has 1 aliphatic heterocycles. The third-order valence-electron chi connectivity index (χ3n) is 3.32. The van der Waals surface area contributed by atoms with E-state index in [4.69, 9.17) is 0 Å². The molecule has 0 spiro atoms. The van der Waals surface area contributed by atoms with Crippen molar-refractivity contribution in [1.29, 1.82) is 0 Å². The fraction of sp³-hybridized carbons (Fsp3) is 0.667. The minimum absolute atomic E-state index is 0.755. The quantitative estimate of drug-likeness (QED) is 0.840. The van der Waals surface area contributed by atoms with Crippen LogP contribution in [-0.2, 0) is 6.42 Å². The molecule has 1 aromatic heterocycles. The van der Waals surface area contributed by atoms with E-state index in [9.17, 15) is 0 Å². The zero-order valence-corrected chi connectivity index (χ0v) is 10.4. The molecule has 1 aromatic rings. The van der Waals surface area contributed by atoms with Crippen LogP contribution in [0.25, 0.3) is 0 Å². The van der Waals surface area contributed by atoms with Crippen molar-refractivity contribution in [2.45, 2.75) is 25.8 Å². The zero-order chi connectivity index (χ0) is 10.7. The topological polar surface area (TPSA) is 15.3 Å². The van der Waals surface area contributed by atoms with Gasteiger partial charge in [0.1, 0.15) is 0 Å². The Kier molecular flexibility index (Phi) is 3.78. The lowest BCUT2D eigenvalue weighted by Gasteiger charge is -2.23. The first kappa shape index (κ1) is 11.1. The van der Waals surface area contributed by atoms with E-state index in [1.807, 2.05) is 11.3 Å². The van der Waals surface area contributed by atoms with Crippen molar-refractivity contribution in [3.05, 3.63) is 21.9 Å². The van der Waals surface area contributed by atoms with Gasteiger partial charge in [-0.25, -0.2) is 0 Å². The Morgan fingerprint density at radius 1 is 1.60 bits per heavy atom. The third-order valence-corrected chi connectivity index (χ3v) is 4.40. The summed E-state index contributed by atoms with van der Waals surface area (Å²) in [7, 11) is 2.25. The highest BCUT2D eigenvalue weighted by Crippen LogP contribution is 2.17. The lowest BCUT2D eigenvalue weighted by atomic mass is 10.2. The maximum atomic E-state index is 3.42. The second kappa shape index (κ2) is 5.10. The first-order chi connectivity index (χ1) is 7.27. The third kappa shape index (κ3) is 2.80. The van der Waals surface area contributed by atoms with Crippen LogP contribution in [0.4, 0.5) is 0 Å². The van der Waals surface area contributed by atoms with Gasteiger partial charge in [0.05, 0.1) is 0 Å². The summed E-state index contributed by atoms with van der Waals surface area (Å²) in [5, 5.41) is 5.61. The van der Waals surface area contributed by atoms with Crippen LogP contribution in [0.15, 0.2) is 11.4 Å². The van der Waals surface area contributed by atoms with Gasteiger partial charge in [0, 0.05) is 24.0 Å². The second-order valence-electron chi connectivity index (χ2n) is 4.40.